The van der Waals surface area contributed by atoms with Gasteiger partial charge in [-0.25, -0.2) is 4.98 Å². The minimum absolute atomic E-state index is 0. The summed E-state index contributed by atoms with van der Waals surface area (Å²) in [7, 11) is 1.76. The van der Waals surface area contributed by atoms with Gasteiger partial charge in [-0.05, 0) is 45.0 Å². The number of aliphatic imine (C=N–C) groups is 1. The van der Waals surface area contributed by atoms with Crippen LogP contribution >= 0.6 is 24.0 Å². The molecule has 0 saturated heterocycles. The molecular formula is C23H30IN5O2. The van der Waals surface area contributed by atoms with E-state index < -0.39 is 0 Å². The van der Waals surface area contributed by atoms with Crippen molar-refractivity contribution in [3.8, 4) is 11.5 Å². The minimum Gasteiger partial charge on any atom is -0.494 e. The van der Waals surface area contributed by atoms with Crippen LogP contribution < -0.4 is 20.1 Å². The van der Waals surface area contributed by atoms with Gasteiger partial charge in [-0.3, -0.25) is 4.99 Å². The number of nitrogens with one attached hydrogen (secondary N) is 2. The molecule has 0 fully saturated rings. The first-order chi connectivity index (χ1) is 14.6. The molecule has 0 bridgehead atoms. The second kappa shape index (κ2) is 10.2. The van der Waals surface area contributed by atoms with Gasteiger partial charge in [-0.15, -0.1) is 24.0 Å². The van der Waals surface area contributed by atoms with E-state index >= 15 is 0 Å². The fourth-order valence-electron chi connectivity index (χ4n) is 3.77. The first kappa shape index (κ1) is 23.2. The van der Waals surface area contributed by atoms with Crippen LogP contribution in [0.5, 0.6) is 11.5 Å². The van der Waals surface area contributed by atoms with E-state index in [1.807, 2.05) is 19.1 Å². The van der Waals surface area contributed by atoms with Crippen molar-refractivity contribution in [2.75, 3.05) is 13.7 Å². The number of benzene rings is 1. The van der Waals surface area contributed by atoms with Gasteiger partial charge in [0.1, 0.15) is 23.3 Å². The van der Waals surface area contributed by atoms with Crippen LogP contribution in [0.15, 0.2) is 41.5 Å². The molecule has 4 rings (SSSR count). The third-order valence-electron chi connectivity index (χ3n) is 5.23. The molecular weight excluding hydrogens is 505 g/mol. The lowest BCUT2D eigenvalue weighted by molar-refractivity contribution is 0.254. The zero-order valence-corrected chi connectivity index (χ0v) is 20.8. The smallest absolute Gasteiger partial charge is 0.191 e. The van der Waals surface area contributed by atoms with Gasteiger partial charge in [0.2, 0.25) is 0 Å². The monoisotopic (exact) mass is 535 g/mol. The lowest BCUT2D eigenvalue weighted by Gasteiger charge is -2.15. The van der Waals surface area contributed by atoms with Crippen molar-refractivity contribution in [1.82, 2.24) is 20.0 Å². The van der Waals surface area contributed by atoms with Gasteiger partial charge in [0.15, 0.2) is 5.96 Å². The summed E-state index contributed by atoms with van der Waals surface area (Å²) in [6.07, 6.45) is 3.18. The molecule has 7 nitrogen and oxygen atoms in total. The maximum absolute atomic E-state index is 5.92. The first-order valence-electron chi connectivity index (χ1n) is 10.4. The number of fused-ring (bicyclic) bond motifs is 2. The Morgan fingerprint density at radius 2 is 2.10 bits per heavy atom. The standard InChI is InChI=1S/C23H29N5O2.HI/c1-5-29-20-10-17-9-16(3)30-21(17)11-18(20)12-25-23(24-4)26-13-19-14-28-15(2)7-6-8-22(28)27-19;/h6-8,10-11,14,16H,5,9,12-13H2,1-4H3,(H2,24,25,26);1H. The molecule has 2 N–H and O–H groups in total. The highest BCUT2D eigenvalue weighted by Crippen LogP contribution is 2.35. The molecule has 0 aliphatic carbocycles. The van der Waals surface area contributed by atoms with E-state index in [1.165, 1.54) is 5.56 Å². The van der Waals surface area contributed by atoms with E-state index in [2.05, 4.69) is 63.3 Å². The molecule has 3 heterocycles. The van der Waals surface area contributed by atoms with Gasteiger partial charge < -0.3 is 24.5 Å². The van der Waals surface area contributed by atoms with Gasteiger partial charge in [-0.2, -0.15) is 0 Å². The molecule has 1 aromatic carbocycles. The van der Waals surface area contributed by atoms with Crippen molar-refractivity contribution >= 4 is 35.6 Å². The summed E-state index contributed by atoms with van der Waals surface area (Å²) in [4.78, 5) is 9.00. The van der Waals surface area contributed by atoms with E-state index in [9.17, 15) is 0 Å². The van der Waals surface area contributed by atoms with Crippen LogP contribution in [0.25, 0.3) is 5.65 Å². The fraction of sp³-hybridized carbons (Fsp3) is 0.391. The molecule has 166 valence electrons. The molecule has 31 heavy (non-hydrogen) atoms. The zero-order chi connectivity index (χ0) is 21.1. The number of ether oxygens (including phenoxy) is 2. The number of rotatable bonds is 6. The molecule has 3 aromatic rings. The Balaban J connectivity index is 0.00000272. The lowest BCUT2D eigenvalue weighted by atomic mass is 10.1. The van der Waals surface area contributed by atoms with Crippen LogP contribution in [0, 0.1) is 6.92 Å². The highest BCUT2D eigenvalue weighted by Gasteiger charge is 2.22. The SMILES string of the molecule is CCOc1cc2c(cc1CNC(=NC)NCc1cn3c(C)cccc3n1)OC(C)C2.I. The minimum atomic E-state index is 0. The topological polar surface area (TPSA) is 72.2 Å². The number of nitrogens with zero attached hydrogens (tertiary/aromatic N) is 3. The van der Waals surface area contributed by atoms with Gasteiger partial charge in [-0.1, -0.05) is 6.07 Å². The molecule has 1 aliphatic rings. The zero-order valence-electron chi connectivity index (χ0n) is 18.4. The Labute approximate surface area is 200 Å². The van der Waals surface area contributed by atoms with Crippen LogP contribution in [0.4, 0.5) is 0 Å². The second-order valence-corrected chi connectivity index (χ2v) is 7.54. The third-order valence-corrected chi connectivity index (χ3v) is 5.23. The molecule has 0 saturated carbocycles. The van der Waals surface area contributed by atoms with Crippen LogP contribution in [0.3, 0.4) is 0 Å². The van der Waals surface area contributed by atoms with Crippen LogP contribution in [0.2, 0.25) is 0 Å². The quantitative estimate of drug-likeness (QED) is 0.285. The Kier molecular flexibility index (Phi) is 7.64. The Bertz CT molecular complexity index is 1080. The molecule has 0 spiro atoms. The van der Waals surface area contributed by atoms with Crippen molar-refractivity contribution in [2.45, 2.75) is 46.4 Å². The van der Waals surface area contributed by atoms with Gasteiger partial charge in [0.05, 0.1) is 18.8 Å². The van der Waals surface area contributed by atoms with Crippen LogP contribution in [-0.2, 0) is 19.5 Å². The average molecular weight is 535 g/mol. The lowest BCUT2D eigenvalue weighted by Crippen LogP contribution is -2.36. The summed E-state index contributed by atoms with van der Waals surface area (Å²) in [5.41, 5.74) is 5.33. The van der Waals surface area contributed by atoms with Crippen LogP contribution in [-0.4, -0.2) is 35.1 Å². The fourth-order valence-corrected chi connectivity index (χ4v) is 3.77. The van der Waals surface area contributed by atoms with E-state index in [4.69, 9.17) is 9.47 Å². The number of guanidine groups is 1. The number of aromatic nitrogens is 2. The number of aryl methyl sites for hydroxylation is 1. The highest BCUT2D eigenvalue weighted by atomic mass is 127. The number of hydrogen-bond donors (Lipinski definition) is 2. The number of imidazole rings is 1. The van der Waals surface area contributed by atoms with Crippen LogP contribution in [0.1, 0.15) is 36.4 Å². The summed E-state index contributed by atoms with van der Waals surface area (Å²) in [5, 5.41) is 6.71. The molecule has 0 radical (unpaired) electrons. The van der Waals surface area contributed by atoms with E-state index in [0.29, 0.717) is 25.7 Å². The van der Waals surface area contributed by atoms with E-state index in [0.717, 1.165) is 40.5 Å². The Hall–Kier alpha value is -2.49. The van der Waals surface area contributed by atoms with Gasteiger partial charge in [0, 0.05) is 43.0 Å². The van der Waals surface area contributed by atoms with Crippen molar-refractivity contribution in [1.29, 1.82) is 0 Å². The second-order valence-electron chi connectivity index (χ2n) is 7.54. The van der Waals surface area contributed by atoms with Crippen molar-refractivity contribution in [3.63, 3.8) is 0 Å². The highest BCUT2D eigenvalue weighted by molar-refractivity contribution is 14.0. The average Bonchev–Trinajstić information content (AvgIpc) is 3.31. The normalized spacial score (nSPS) is 15.2. The van der Waals surface area contributed by atoms with Gasteiger partial charge >= 0.3 is 0 Å². The summed E-state index contributed by atoms with van der Waals surface area (Å²) in [6.45, 7) is 7.96. The first-order valence-corrected chi connectivity index (χ1v) is 10.4. The molecule has 1 atom stereocenters. The third kappa shape index (κ3) is 5.23. The van der Waals surface area contributed by atoms with Crippen molar-refractivity contribution in [3.05, 3.63) is 59.0 Å². The molecule has 1 aliphatic heterocycles. The molecule has 0 amide bonds. The summed E-state index contributed by atoms with van der Waals surface area (Å²) >= 11 is 0. The summed E-state index contributed by atoms with van der Waals surface area (Å²) in [6, 6.07) is 10.3. The predicted octanol–water partition coefficient (Wildman–Crippen LogP) is 3.85. The maximum Gasteiger partial charge on any atom is 0.191 e. The van der Waals surface area contributed by atoms with Crippen molar-refractivity contribution < 1.29 is 9.47 Å². The number of hydrogen-bond acceptors (Lipinski definition) is 4. The number of halogens is 1. The largest absolute Gasteiger partial charge is 0.494 e. The Morgan fingerprint density at radius 3 is 2.84 bits per heavy atom. The van der Waals surface area contributed by atoms with Crippen molar-refractivity contribution in [2.24, 2.45) is 4.99 Å². The predicted molar refractivity (Wildman–Crippen MR) is 134 cm³/mol. The summed E-state index contributed by atoms with van der Waals surface area (Å²) in [5.74, 6) is 2.56. The van der Waals surface area contributed by atoms with E-state index in [1.54, 1.807) is 7.05 Å². The Morgan fingerprint density at radius 1 is 1.29 bits per heavy atom. The molecule has 2 aromatic heterocycles. The van der Waals surface area contributed by atoms with Gasteiger partial charge in [0.25, 0.3) is 0 Å². The molecule has 8 heteroatoms. The molecule has 1 unspecified atom stereocenters. The maximum atomic E-state index is 5.92. The van der Waals surface area contributed by atoms with E-state index in [-0.39, 0.29) is 30.1 Å². The summed E-state index contributed by atoms with van der Waals surface area (Å²) < 4.78 is 13.9. The number of pyridine rings is 1.